The molecule has 0 fully saturated rings. The summed E-state index contributed by atoms with van der Waals surface area (Å²) in [5.74, 6) is 0.647. The van der Waals surface area contributed by atoms with Gasteiger partial charge in [-0.1, -0.05) is 24.3 Å². The third-order valence-electron chi connectivity index (χ3n) is 5.36. The molecule has 0 spiro atoms. The average molecular weight is 462 g/mol. The lowest BCUT2D eigenvalue weighted by molar-refractivity contribution is 0.584. The molecule has 166 valence electrons. The highest BCUT2D eigenvalue weighted by atomic mass is 32.2. The average Bonchev–Trinajstić information content (AvgIpc) is 3.40. The Morgan fingerprint density at radius 1 is 0.788 bits per heavy atom. The van der Waals surface area contributed by atoms with Gasteiger partial charge in [0.05, 0.1) is 15.9 Å². The van der Waals surface area contributed by atoms with Gasteiger partial charge in [-0.3, -0.25) is 13.9 Å². The molecule has 10 heteroatoms. The number of imidazole rings is 1. The number of benzene rings is 3. The molecule has 0 unspecified atom stereocenters. The summed E-state index contributed by atoms with van der Waals surface area (Å²) in [6, 6.07) is 20.6. The minimum atomic E-state index is -3.90. The van der Waals surface area contributed by atoms with Crippen molar-refractivity contribution in [2.75, 3.05) is 4.72 Å². The van der Waals surface area contributed by atoms with E-state index in [1.165, 1.54) is 21.3 Å². The van der Waals surface area contributed by atoms with Gasteiger partial charge in [-0.15, -0.1) is 10.2 Å². The van der Waals surface area contributed by atoms with Crippen LogP contribution in [0.15, 0.2) is 86.9 Å². The summed E-state index contributed by atoms with van der Waals surface area (Å²) in [5, 5.41) is 8.16. The second kappa shape index (κ2) is 7.75. The van der Waals surface area contributed by atoms with Crippen LogP contribution in [-0.2, 0) is 24.1 Å². The van der Waals surface area contributed by atoms with Crippen LogP contribution in [0.25, 0.3) is 33.9 Å². The van der Waals surface area contributed by atoms with E-state index < -0.39 is 10.0 Å². The normalized spacial score (nSPS) is 11.7. The smallest absolute Gasteiger partial charge is 0.328 e. The number of sulfonamides is 1. The standard InChI is InChI=1S/C23H19N5O4S/c1-27-19-12-11-18(14-20(19)28(2)23(27)29)33(30,31)26-17-10-6-9-16(13-17)22-25-24-21(32-22)15-7-4-3-5-8-15/h3-14,26H,1-2H3. The molecule has 0 bridgehead atoms. The molecule has 0 atom stereocenters. The van der Waals surface area contributed by atoms with Gasteiger partial charge in [-0.2, -0.15) is 0 Å². The van der Waals surface area contributed by atoms with Crippen LogP contribution < -0.4 is 10.4 Å². The van der Waals surface area contributed by atoms with Crippen LogP contribution in [0.1, 0.15) is 0 Å². The summed E-state index contributed by atoms with van der Waals surface area (Å²) in [7, 11) is -0.658. The molecular weight excluding hydrogens is 442 g/mol. The fraction of sp³-hybridized carbons (Fsp3) is 0.0870. The third kappa shape index (κ3) is 3.70. The maximum Gasteiger partial charge on any atom is 0.328 e. The number of aryl methyl sites for hydroxylation is 2. The quantitative estimate of drug-likeness (QED) is 0.429. The van der Waals surface area contributed by atoms with E-state index in [1.807, 2.05) is 30.3 Å². The van der Waals surface area contributed by atoms with E-state index in [-0.39, 0.29) is 16.5 Å². The van der Waals surface area contributed by atoms with Crippen LogP contribution in [0.4, 0.5) is 5.69 Å². The zero-order chi connectivity index (χ0) is 23.2. The molecule has 5 rings (SSSR count). The molecule has 33 heavy (non-hydrogen) atoms. The number of hydrogen-bond acceptors (Lipinski definition) is 6. The van der Waals surface area contributed by atoms with Crippen molar-refractivity contribution in [2.45, 2.75) is 4.90 Å². The van der Waals surface area contributed by atoms with Gasteiger partial charge >= 0.3 is 5.69 Å². The van der Waals surface area contributed by atoms with Gasteiger partial charge in [0.15, 0.2) is 0 Å². The van der Waals surface area contributed by atoms with Crippen molar-refractivity contribution in [3.05, 3.63) is 83.3 Å². The Bertz CT molecular complexity index is 1650. The van der Waals surface area contributed by atoms with Gasteiger partial charge in [0, 0.05) is 30.9 Å². The number of nitrogens with one attached hydrogen (secondary N) is 1. The van der Waals surface area contributed by atoms with Crippen LogP contribution in [-0.4, -0.2) is 27.7 Å². The van der Waals surface area contributed by atoms with Crippen LogP contribution in [0, 0.1) is 0 Å². The highest BCUT2D eigenvalue weighted by molar-refractivity contribution is 7.92. The van der Waals surface area contributed by atoms with Crippen LogP contribution in [0.3, 0.4) is 0 Å². The first-order valence-electron chi connectivity index (χ1n) is 10.0. The van der Waals surface area contributed by atoms with Gasteiger partial charge in [0.1, 0.15) is 0 Å². The van der Waals surface area contributed by atoms with Crippen LogP contribution in [0.2, 0.25) is 0 Å². The van der Waals surface area contributed by atoms with Crippen molar-refractivity contribution in [3.8, 4) is 22.9 Å². The molecule has 1 N–H and O–H groups in total. The Morgan fingerprint density at radius 2 is 1.45 bits per heavy atom. The Morgan fingerprint density at radius 3 is 2.21 bits per heavy atom. The minimum absolute atomic E-state index is 0.0470. The molecular formula is C23H19N5O4S. The molecule has 0 aliphatic heterocycles. The molecule has 0 radical (unpaired) electrons. The van der Waals surface area contributed by atoms with E-state index in [0.29, 0.717) is 28.2 Å². The molecule has 5 aromatic rings. The fourth-order valence-corrected chi connectivity index (χ4v) is 4.69. The van der Waals surface area contributed by atoms with Crippen molar-refractivity contribution in [2.24, 2.45) is 14.1 Å². The molecule has 9 nitrogen and oxygen atoms in total. The number of rotatable bonds is 5. The van der Waals surface area contributed by atoms with E-state index in [4.69, 9.17) is 4.42 Å². The largest absolute Gasteiger partial charge is 0.416 e. The van der Waals surface area contributed by atoms with E-state index in [0.717, 1.165) is 5.56 Å². The predicted molar refractivity (Wildman–Crippen MR) is 124 cm³/mol. The summed E-state index contributed by atoms with van der Waals surface area (Å²) in [4.78, 5) is 12.2. The lowest BCUT2D eigenvalue weighted by Gasteiger charge is -2.09. The Labute approximate surface area is 189 Å². The summed E-state index contributed by atoms with van der Waals surface area (Å²) in [6.07, 6.45) is 0. The summed E-state index contributed by atoms with van der Waals surface area (Å²) >= 11 is 0. The number of hydrogen-bond donors (Lipinski definition) is 1. The first kappa shape index (κ1) is 20.7. The van der Waals surface area contributed by atoms with Crippen molar-refractivity contribution in [1.82, 2.24) is 19.3 Å². The zero-order valence-corrected chi connectivity index (χ0v) is 18.6. The number of aromatic nitrogens is 4. The first-order valence-corrected chi connectivity index (χ1v) is 11.5. The van der Waals surface area contributed by atoms with Crippen molar-refractivity contribution in [3.63, 3.8) is 0 Å². The van der Waals surface area contributed by atoms with E-state index in [1.54, 1.807) is 44.4 Å². The lowest BCUT2D eigenvalue weighted by atomic mass is 10.2. The van der Waals surface area contributed by atoms with E-state index in [9.17, 15) is 13.2 Å². The van der Waals surface area contributed by atoms with Gasteiger partial charge < -0.3 is 4.42 Å². The van der Waals surface area contributed by atoms with Gasteiger partial charge in [0.2, 0.25) is 11.8 Å². The second-order valence-electron chi connectivity index (χ2n) is 7.52. The van der Waals surface area contributed by atoms with Crippen molar-refractivity contribution >= 4 is 26.7 Å². The molecule has 2 aromatic heterocycles. The molecule has 0 saturated carbocycles. The predicted octanol–water partition coefficient (Wildman–Crippen LogP) is 3.39. The summed E-state index contributed by atoms with van der Waals surface area (Å²) in [6.45, 7) is 0. The number of anilines is 1. The highest BCUT2D eigenvalue weighted by Gasteiger charge is 2.18. The Kier molecular flexibility index (Phi) is 4.86. The molecule has 0 amide bonds. The lowest BCUT2D eigenvalue weighted by Crippen LogP contribution is -2.19. The van der Waals surface area contributed by atoms with Gasteiger partial charge in [0.25, 0.3) is 10.0 Å². The fourth-order valence-electron chi connectivity index (χ4n) is 3.62. The summed E-state index contributed by atoms with van der Waals surface area (Å²) in [5.41, 5.74) is 2.65. The molecule has 2 heterocycles. The second-order valence-corrected chi connectivity index (χ2v) is 9.20. The Hall–Kier alpha value is -4.18. The van der Waals surface area contributed by atoms with Crippen molar-refractivity contribution < 1.29 is 12.8 Å². The molecule has 0 saturated heterocycles. The minimum Gasteiger partial charge on any atom is -0.416 e. The number of nitrogens with zero attached hydrogens (tertiary/aromatic N) is 4. The van der Waals surface area contributed by atoms with Crippen molar-refractivity contribution in [1.29, 1.82) is 0 Å². The topological polar surface area (TPSA) is 112 Å². The zero-order valence-electron chi connectivity index (χ0n) is 17.8. The van der Waals surface area contributed by atoms with Crippen LogP contribution in [0.5, 0.6) is 0 Å². The SMILES string of the molecule is Cn1c(=O)n(C)c2cc(S(=O)(=O)Nc3cccc(-c4nnc(-c5ccccc5)o4)c3)ccc21. The van der Waals surface area contributed by atoms with E-state index in [2.05, 4.69) is 14.9 Å². The van der Waals surface area contributed by atoms with E-state index >= 15 is 0 Å². The van der Waals surface area contributed by atoms with Crippen LogP contribution >= 0.6 is 0 Å². The third-order valence-corrected chi connectivity index (χ3v) is 6.74. The summed E-state index contributed by atoms with van der Waals surface area (Å²) < 4.78 is 37.3. The molecule has 0 aliphatic carbocycles. The molecule has 3 aromatic carbocycles. The maximum absolute atomic E-state index is 13.0. The number of fused-ring (bicyclic) bond motifs is 1. The Balaban J connectivity index is 1.45. The van der Waals surface area contributed by atoms with Gasteiger partial charge in [-0.25, -0.2) is 13.2 Å². The van der Waals surface area contributed by atoms with Gasteiger partial charge in [-0.05, 0) is 48.5 Å². The molecule has 0 aliphatic rings. The monoisotopic (exact) mass is 461 g/mol. The maximum atomic E-state index is 13.0. The first-order chi connectivity index (χ1) is 15.8. The highest BCUT2D eigenvalue weighted by Crippen LogP contribution is 2.27.